The predicted molar refractivity (Wildman–Crippen MR) is 152 cm³/mol. The van der Waals surface area contributed by atoms with E-state index in [0.717, 1.165) is 51.9 Å². The fraction of sp³-hybridized carbons (Fsp3) is 0.300. The van der Waals surface area contributed by atoms with E-state index in [1.807, 2.05) is 43.9 Å². The number of nitrogens with zero attached hydrogens (tertiary/aromatic N) is 4. The number of fused-ring (bicyclic) bond motifs is 3. The summed E-state index contributed by atoms with van der Waals surface area (Å²) in [7, 11) is 0. The average molecular weight is 526 g/mol. The molecule has 1 N–H and O–H groups in total. The highest BCUT2D eigenvalue weighted by atomic mass is 32.2. The van der Waals surface area contributed by atoms with Crippen LogP contribution >= 0.6 is 11.8 Å². The molecule has 4 heterocycles. The Morgan fingerprint density at radius 3 is 2.58 bits per heavy atom. The van der Waals surface area contributed by atoms with Crippen LogP contribution in [0.25, 0.3) is 16.6 Å². The van der Waals surface area contributed by atoms with Crippen molar-refractivity contribution in [1.82, 2.24) is 19.7 Å². The van der Waals surface area contributed by atoms with Crippen molar-refractivity contribution in [2.75, 3.05) is 18.4 Å². The normalized spacial score (nSPS) is 15.5. The lowest BCUT2D eigenvalue weighted by Crippen LogP contribution is -2.42. The summed E-state index contributed by atoms with van der Waals surface area (Å²) in [5.41, 5.74) is 5.54. The van der Waals surface area contributed by atoms with E-state index >= 15 is 0 Å². The largest absolute Gasteiger partial charge is 0.444 e. The molecule has 0 atom stereocenters. The Morgan fingerprint density at radius 1 is 1.03 bits per heavy atom. The Balaban J connectivity index is 1.17. The van der Waals surface area contributed by atoms with Gasteiger partial charge in [-0.3, -0.25) is 0 Å². The number of hydrogen-bond donors (Lipinski definition) is 1. The summed E-state index contributed by atoms with van der Waals surface area (Å²) >= 11 is 1.78. The molecule has 1 amide bonds. The number of hydrogen-bond acceptors (Lipinski definition) is 6. The van der Waals surface area contributed by atoms with Gasteiger partial charge in [-0.2, -0.15) is 5.10 Å². The van der Waals surface area contributed by atoms with Gasteiger partial charge in [-0.15, -0.1) is 0 Å². The highest BCUT2D eigenvalue weighted by molar-refractivity contribution is 7.99. The van der Waals surface area contributed by atoms with Crippen LogP contribution in [0.1, 0.15) is 50.8 Å². The maximum atomic E-state index is 12.4. The summed E-state index contributed by atoms with van der Waals surface area (Å²) in [6.07, 6.45) is 5.14. The number of ether oxygens (including phenoxy) is 1. The number of anilines is 2. The van der Waals surface area contributed by atoms with Gasteiger partial charge in [0.2, 0.25) is 0 Å². The van der Waals surface area contributed by atoms with Gasteiger partial charge in [-0.05, 0) is 75.1 Å². The lowest BCUT2D eigenvalue weighted by atomic mass is 10.00. The molecular formula is C30H31N5O2S. The van der Waals surface area contributed by atoms with Crippen molar-refractivity contribution in [3.63, 3.8) is 0 Å². The molecule has 2 aliphatic rings. The number of amides is 1. The van der Waals surface area contributed by atoms with Crippen LogP contribution < -0.4 is 5.32 Å². The van der Waals surface area contributed by atoms with Crippen molar-refractivity contribution in [1.29, 1.82) is 0 Å². The summed E-state index contributed by atoms with van der Waals surface area (Å²) in [4.78, 5) is 21.4. The van der Waals surface area contributed by atoms with Gasteiger partial charge in [0, 0.05) is 40.0 Å². The topological polar surface area (TPSA) is 72.3 Å². The number of piperidine rings is 1. The zero-order valence-corrected chi connectivity index (χ0v) is 22.7. The zero-order chi connectivity index (χ0) is 26.4. The van der Waals surface area contributed by atoms with Crippen LogP contribution in [-0.4, -0.2) is 44.4 Å². The molecule has 2 aliphatic heterocycles. The minimum atomic E-state index is -0.488. The fourth-order valence-electron chi connectivity index (χ4n) is 4.99. The average Bonchev–Trinajstić information content (AvgIpc) is 3.33. The van der Waals surface area contributed by atoms with Crippen LogP contribution in [0.5, 0.6) is 0 Å². The van der Waals surface area contributed by atoms with Crippen molar-refractivity contribution in [3.8, 4) is 0 Å². The van der Waals surface area contributed by atoms with Crippen molar-refractivity contribution in [3.05, 3.63) is 78.6 Å². The Hall–Kier alpha value is -3.78. The smallest absolute Gasteiger partial charge is 0.410 e. The second-order valence-electron chi connectivity index (χ2n) is 10.8. The van der Waals surface area contributed by atoms with Crippen LogP contribution in [0.4, 0.5) is 16.2 Å². The second-order valence-corrected chi connectivity index (χ2v) is 11.9. The summed E-state index contributed by atoms with van der Waals surface area (Å²) < 4.78 is 7.54. The van der Waals surface area contributed by atoms with Gasteiger partial charge in [-0.1, -0.05) is 36.5 Å². The third-order valence-corrected chi connectivity index (χ3v) is 8.10. The molecule has 1 saturated heterocycles. The molecule has 38 heavy (non-hydrogen) atoms. The molecule has 194 valence electrons. The van der Waals surface area contributed by atoms with Crippen LogP contribution in [-0.2, 0) is 4.74 Å². The number of aromatic nitrogens is 3. The van der Waals surface area contributed by atoms with Crippen molar-refractivity contribution in [2.45, 2.75) is 55.0 Å². The summed E-state index contributed by atoms with van der Waals surface area (Å²) in [5, 5.41) is 9.22. The van der Waals surface area contributed by atoms with E-state index < -0.39 is 5.60 Å². The number of pyridine rings is 1. The molecule has 1 fully saturated rings. The number of carbonyl (C=O) groups is 1. The number of likely N-dealkylation sites (tertiary alicyclic amines) is 1. The first-order valence-electron chi connectivity index (χ1n) is 12.9. The van der Waals surface area contributed by atoms with Gasteiger partial charge in [0.1, 0.15) is 5.60 Å². The molecule has 4 aromatic rings. The Morgan fingerprint density at radius 2 is 1.79 bits per heavy atom. The zero-order valence-electron chi connectivity index (χ0n) is 21.9. The van der Waals surface area contributed by atoms with E-state index in [9.17, 15) is 4.79 Å². The molecule has 0 radical (unpaired) electrons. The summed E-state index contributed by atoms with van der Waals surface area (Å²) in [6, 6.07) is 17.1. The van der Waals surface area contributed by atoms with Crippen LogP contribution in [0.15, 0.2) is 77.3 Å². The molecule has 8 heteroatoms. The molecule has 0 bridgehead atoms. The third kappa shape index (κ3) is 4.76. The predicted octanol–water partition coefficient (Wildman–Crippen LogP) is 7.27. The first kappa shape index (κ1) is 24.6. The quantitative estimate of drug-likeness (QED) is 0.267. The van der Waals surface area contributed by atoms with E-state index in [1.54, 1.807) is 16.7 Å². The number of rotatable bonds is 3. The van der Waals surface area contributed by atoms with Gasteiger partial charge in [-0.25, -0.2) is 14.5 Å². The number of nitrogens with one attached hydrogen (secondary N) is 1. The third-order valence-electron chi connectivity index (χ3n) is 6.95. The van der Waals surface area contributed by atoms with Gasteiger partial charge >= 0.3 is 6.09 Å². The molecule has 2 aromatic heterocycles. The summed E-state index contributed by atoms with van der Waals surface area (Å²) in [5.74, 6) is 0. The lowest BCUT2D eigenvalue weighted by molar-refractivity contribution is 0.0186. The lowest BCUT2D eigenvalue weighted by Gasteiger charge is -2.33. The van der Waals surface area contributed by atoms with Crippen LogP contribution in [0, 0.1) is 0 Å². The Kier molecular flexibility index (Phi) is 6.14. The molecule has 0 saturated carbocycles. The molecular weight excluding hydrogens is 494 g/mol. The molecule has 7 nitrogen and oxygen atoms in total. The standard InChI is InChI=1S/C30H31N5O2S/c1-19(20-9-10-27-25(16-20)33-24-7-5-6-8-26(24)38-27)21-15-22-18-32-35(28(22)31-17-21)23-11-13-34(14-12-23)29(36)37-30(2,3)4/h5-10,15-18,23,33H,1,11-14H2,2-4H3. The van der Waals surface area contributed by atoms with E-state index in [0.29, 0.717) is 13.1 Å². The minimum absolute atomic E-state index is 0.194. The Bertz CT molecular complexity index is 1550. The van der Waals surface area contributed by atoms with Crippen molar-refractivity contribution in [2.24, 2.45) is 0 Å². The van der Waals surface area contributed by atoms with E-state index in [-0.39, 0.29) is 12.1 Å². The van der Waals surface area contributed by atoms with E-state index in [4.69, 9.17) is 9.72 Å². The maximum Gasteiger partial charge on any atom is 0.410 e. The first-order chi connectivity index (χ1) is 18.2. The maximum absolute atomic E-state index is 12.4. The minimum Gasteiger partial charge on any atom is -0.444 e. The van der Waals surface area contributed by atoms with E-state index in [1.165, 1.54) is 9.79 Å². The second kappa shape index (κ2) is 9.51. The van der Waals surface area contributed by atoms with Crippen molar-refractivity contribution >= 4 is 45.8 Å². The molecule has 2 aromatic carbocycles. The molecule has 0 spiro atoms. The van der Waals surface area contributed by atoms with Gasteiger partial charge in [0.15, 0.2) is 5.65 Å². The van der Waals surface area contributed by atoms with Gasteiger partial charge in [0.05, 0.1) is 23.6 Å². The molecule has 0 aliphatic carbocycles. The molecule has 6 rings (SSSR count). The number of benzene rings is 2. The van der Waals surface area contributed by atoms with Crippen LogP contribution in [0.3, 0.4) is 0 Å². The number of carbonyl (C=O) groups excluding carboxylic acids is 1. The highest BCUT2D eigenvalue weighted by Gasteiger charge is 2.28. The van der Waals surface area contributed by atoms with Gasteiger partial charge in [0.25, 0.3) is 0 Å². The van der Waals surface area contributed by atoms with Crippen LogP contribution in [0.2, 0.25) is 0 Å². The van der Waals surface area contributed by atoms with E-state index in [2.05, 4.69) is 59.5 Å². The monoisotopic (exact) mass is 525 g/mol. The first-order valence-corrected chi connectivity index (χ1v) is 13.8. The highest BCUT2D eigenvalue weighted by Crippen LogP contribution is 2.45. The molecule has 0 unspecified atom stereocenters. The fourth-order valence-corrected chi connectivity index (χ4v) is 5.95. The van der Waals surface area contributed by atoms with Crippen molar-refractivity contribution < 1.29 is 9.53 Å². The number of para-hydroxylation sites is 1. The SMILES string of the molecule is C=C(c1ccc2c(c1)Nc1ccccc1S2)c1cnc2c(cnn2C2CCN(C(=O)OC(C)(C)C)CC2)c1. The summed E-state index contributed by atoms with van der Waals surface area (Å²) in [6.45, 7) is 11.4. The van der Waals surface area contributed by atoms with Gasteiger partial charge < -0.3 is 15.0 Å². The Labute approximate surface area is 226 Å².